The van der Waals surface area contributed by atoms with Crippen molar-refractivity contribution in [2.45, 2.75) is 24.7 Å². The van der Waals surface area contributed by atoms with Crippen LogP contribution < -0.4 is 10.6 Å². The minimum absolute atomic E-state index is 0.0340. The normalized spacial score (nSPS) is 30.2. The SMILES string of the molecule is CC(=O)C1CC(=O)C(C2C(=O)Nc3ccccc32)C12C(=O)Nc1ccccc12. The van der Waals surface area contributed by atoms with Crippen LogP contribution in [-0.4, -0.2) is 23.4 Å². The second-order valence-corrected chi connectivity index (χ2v) is 7.73. The predicted molar refractivity (Wildman–Crippen MR) is 102 cm³/mol. The number of carbonyl (C=O) groups excluding carboxylic acids is 4. The first-order valence-electron chi connectivity index (χ1n) is 9.30. The summed E-state index contributed by atoms with van der Waals surface area (Å²) in [7, 11) is 0. The minimum atomic E-state index is -1.36. The highest BCUT2D eigenvalue weighted by molar-refractivity contribution is 6.17. The Morgan fingerprint density at radius 1 is 0.964 bits per heavy atom. The second-order valence-electron chi connectivity index (χ2n) is 7.73. The van der Waals surface area contributed by atoms with Gasteiger partial charge in [0.1, 0.15) is 11.6 Å². The average molecular weight is 374 g/mol. The number of nitrogens with one attached hydrogen (secondary N) is 2. The number of para-hydroxylation sites is 2. The average Bonchev–Trinajstić information content (AvgIpc) is 3.26. The van der Waals surface area contributed by atoms with Crippen molar-refractivity contribution in [3.63, 3.8) is 0 Å². The molecule has 4 atom stereocenters. The van der Waals surface area contributed by atoms with E-state index < -0.39 is 23.2 Å². The van der Waals surface area contributed by atoms with Crippen molar-refractivity contribution in [2.75, 3.05) is 10.6 Å². The number of anilines is 2. The van der Waals surface area contributed by atoms with Crippen LogP contribution in [-0.2, 0) is 24.6 Å². The summed E-state index contributed by atoms with van der Waals surface area (Å²) in [5.41, 5.74) is 1.22. The highest BCUT2D eigenvalue weighted by atomic mass is 16.2. The summed E-state index contributed by atoms with van der Waals surface area (Å²) in [5, 5.41) is 5.68. The van der Waals surface area contributed by atoms with E-state index >= 15 is 0 Å². The lowest BCUT2D eigenvalue weighted by Crippen LogP contribution is -2.49. The third-order valence-corrected chi connectivity index (χ3v) is 6.45. The summed E-state index contributed by atoms with van der Waals surface area (Å²) in [6, 6.07) is 14.3. The van der Waals surface area contributed by atoms with Crippen molar-refractivity contribution in [3.05, 3.63) is 59.7 Å². The Morgan fingerprint density at radius 2 is 1.64 bits per heavy atom. The molecule has 5 rings (SSSR count). The van der Waals surface area contributed by atoms with Gasteiger partial charge in [0, 0.05) is 23.7 Å². The molecule has 2 heterocycles. The number of amides is 2. The van der Waals surface area contributed by atoms with Gasteiger partial charge in [0.25, 0.3) is 0 Å². The van der Waals surface area contributed by atoms with Crippen LogP contribution in [0, 0.1) is 11.8 Å². The minimum Gasteiger partial charge on any atom is -0.325 e. The molecule has 2 amide bonds. The van der Waals surface area contributed by atoms with Crippen molar-refractivity contribution >= 4 is 34.8 Å². The van der Waals surface area contributed by atoms with Crippen molar-refractivity contribution in [1.29, 1.82) is 0 Å². The molecule has 3 aliphatic rings. The number of benzene rings is 2. The first kappa shape index (κ1) is 16.9. The van der Waals surface area contributed by atoms with Crippen molar-refractivity contribution < 1.29 is 19.2 Å². The number of hydrogen-bond acceptors (Lipinski definition) is 4. The van der Waals surface area contributed by atoms with Crippen LogP contribution in [0.25, 0.3) is 0 Å². The van der Waals surface area contributed by atoms with Gasteiger partial charge in [0.05, 0.1) is 17.3 Å². The molecular formula is C22H18N2O4. The van der Waals surface area contributed by atoms with Gasteiger partial charge in [0.2, 0.25) is 11.8 Å². The van der Waals surface area contributed by atoms with E-state index in [1.54, 1.807) is 36.4 Å². The maximum atomic E-state index is 13.4. The van der Waals surface area contributed by atoms with E-state index in [1.165, 1.54) is 6.92 Å². The molecule has 4 unspecified atom stereocenters. The predicted octanol–water partition coefficient (Wildman–Crippen LogP) is 2.41. The Hall–Kier alpha value is -3.28. The highest BCUT2D eigenvalue weighted by Crippen LogP contribution is 2.59. The van der Waals surface area contributed by atoms with E-state index in [1.807, 2.05) is 12.1 Å². The quantitative estimate of drug-likeness (QED) is 0.844. The fraction of sp³-hybridized carbons (Fsp3) is 0.273. The fourth-order valence-corrected chi connectivity index (χ4v) is 5.39. The van der Waals surface area contributed by atoms with Crippen LogP contribution in [0.1, 0.15) is 30.4 Å². The van der Waals surface area contributed by atoms with Crippen LogP contribution in [0.15, 0.2) is 48.5 Å². The first-order chi connectivity index (χ1) is 13.5. The monoisotopic (exact) mass is 374 g/mol. The Bertz CT molecular complexity index is 1080. The Labute approximate surface area is 161 Å². The molecule has 28 heavy (non-hydrogen) atoms. The molecule has 1 fully saturated rings. The van der Waals surface area contributed by atoms with Gasteiger partial charge in [0.15, 0.2) is 0 Å². The molecule has 2 aromatic rings. The van der Waals surface area contributed by atoms with Gasteiger partial charge in [-0.05, 0) is 30.2 Å². The first-order valence-corrected chi connectivity index (χ1v) is 9.30. The smallest absolute Gasteiger partial charge is 0.236 e. The van der Waals surface area contributed by atoms with Crippen LogP contribution in [0.3, 0.4) is 0 Å². The zero-order valence-electron chi connectivity index (χ0n) is 15.2. The molecule has 6 nitrogen and oxygen atoms in total. The van der Waals surface area contributed by atoms with Crippen molar-refractivity contribution in [2.24, 2.45) is 11.8 Å². The molecule has 0 saturated heterocycles. The molecule has 2 aliphatic heterocycles. The second kappa shape index (κ2) is 5.61. The topological polar surface area (TPSA) is 92.3 Å². The summed E-state index contributed by atoms with van der Waals surface area (Å²) in [6.45, 7) is 1.42. The number of hydrogen-bond donors (Lipinski definition) is 2. The van der Waals surface area contributed by atoms with E-state index in [0.717, 1.165) is 0 Å². The maximum Gasteiger partial charge on any atom is 0.236 e. The van der Waals surface area contributed by atoms with Gasteiger partial charge in [-0.1, -0.05) is 36.4 Å². The summed E-state index contributed by atoms with van der Waals surface area (Å²) < 4.78 is 0. The molecule has 6 heteroatoms. The van der Waals surface area contributed by atoms with E-state index in [2.05, 4.69) is 10.6 Å². The van der Waals surface area contributed by atoms with Crippen LogP contribution in [0.2, 0.25) is 0 Å². The van der Waals surface area contributed by atoms with Crippen LogP contribution >= 0.6 is 0 Å². The van der Waals surface area contributed by atoms with E-state index in [0.29, 0.717) is 22.5 Å². The maximum absolute atomic E-state index is 13.4. The van der Waals surface area contributed by atoms with Crippen molar-refractivity contribution in [3.8, 4) is 0 Å². The Morgan fingerprint density at radius 3 is 2.39 bits per heavy atom. The standard InChI is InChI=1S/C22H18N2O4/c1-11(25)14-10-17(26)19(18-12-6-2-4-8-15(12)23-20(18)27)22(14)13-7-3-5-9-16(13)24-21(22)28/h2-9,14,18-19H,10H2,1H3,(H,23,27)(H,24,28). The summed E-state index contributed by atoms with van der Waals surface area (Å²) >= 11 is 0. The van der Waals surface area contributed by atoms with Crippen LogP contribution in [0.4, 0.5) is 11.4 Å². The number of Topliss-reactive ketones (excluding diaryl/α,β-unsaturated/α-hetero) is 2. The van der Waals surface area contributed by atoms with Gasteiger partial charge in [-0.3, -0.25) is 19.2 Å². The Kier molecular flexibility index (Phi) is 3.38. The number of rotatable bonds is 2. The molecule has 2 N–H and O–H groups in total. The summed E-state index contributed by atoms with van der Waals surface area (Å²) in [5.74, 6) is -3.62. The highest BCUT2D eigenvalue weighted by Gasteiger charge is 2.68. The molecule has 140 valence electrons. The zero-order chi connectivity index (χ0) is 19.6. The molecular weight excluding hydrogens is 356 g/mol. The molecule has 0 bridgehead atoms. The van der Waals surface area contributed by atoms with E-state index in [9.17, 15) is 19.2 Å². The lowest BCUT2D eigenvalue weighted by atomic mass is 9.62. The lowest BCUT2D eigenvalue weighted by Gasteiger charge is -2.35. The van der Waals surface area contributed by atoms with Crippen molar-refractivity contribution in [1.82, 2.24) is 0 Å². The molecule has 1 spiro atoms. The number of carbonyl (C=O) groups is 4. The van der Waals surface area contributed by atoms with Gasteiger partial charge in [-0.2, -0.15) is 0 Å². The third-order valence-electron chi connectivity index (χ3n) is 6.45. The van der Waals surface area contributed by atoms with Gasteiger partial charge in [-0.25, -0.2) is 0 Å². The van der Waals surface area contributed by atoms with Gasteiger partial charge < -0.3 is 10.6 Å². The molecule has 0 aromatic heterocycles. The zero-order valence-corrected chi connectivity index (χ0v) is 15.2. The summed E-state index contributed by atoms with van der Waals surface area (Å²) in [4.78, 5) is 52.1. The third kappa shape index (κ3) is 1.92. The fourth-order valence-electron chi connectivity index (χ4n) is 5.39. The largest absolute Gasteiger partial charge is 0.325 e. The van der Waals surface area contributed by atoms with Crippen LogP contribution in [0.5, 0.6) is 0 Å². The molecule has 1 saturated carbocycles. The number of fused-ring (bicyclic) bond motifs is 3. The molecule has 0 radical (unpaired) electrons. The van der Waals surface area contributed by atoms with Gasteiger partial charge >= 0.3 is 0 Å². The number of ketones is 2. The summed E-state index contributed by atoms with van der Waals surface area (Å²) in [6.07, 6.45) is -0.0340. The molecule has 2 aromatic carbocycles. The molecule has 1 aliphatic carbocycles. The van der Waals surface area contributed by atoms with E-state index in [-0.39, 0.29) is 29.8 Å². The van der Waals surface area contributed by atoms with Gasteiger partial charge in [-0.15, -0.1) is 0 Å². The van der Waals surface area contributed by atoms with E-state index in [4.69, 9.17) is 0 Å². The lowest BCUT2D eigenvalue weighted by molar-refractivity contribution is -0.134. The Balaban J connectivity index is 1.78.